The highest BCUT2D eigenvalue weighted by Gasteiger charge is 2.05. The van der Waals surface area contributed by atoms with Gasteiger partial charge in [0.05, 0.1) is 6.10 Å². The number of rotatable bonds is 9. The van der Waals surface area contributed by atoms with Gasteiger partial charge in [-0.05, 0) is 25.7 Å². The number of aliphatic hydroxyl groups is 1. The molecule has 0 bridgehead atoms. The fourth-order valence-corrected chi connectivity index (χ4v) is 1.40. The lowest BCUT2D eigenvalue weighted by atomic mass is 10.0. The van der Waals surface area contributed by atoms with Crippen molar-refractivity contribution in [3.63, 3.8) is 0 Å². The Morgan fingerprint density at radius 2 is 1.93 bits per heavy atom. The summed E-state index contributed by atoms with van der Waals surface area (Å²) in [5.74, 6) is 0.712. The van der Waals surface area contributed by atoms with Crippen molar-refractivity contribution in [2.24, 2.45) is 5.92 Å². The van der Waals surface area contributed by atoms with E-state index in [-0.39, 0.29) is 6.10 Å². The van der Waals surface area contributed by atoms with E-state index >= 15 is 0 Å². The molecule has 0 spiro atoms. The highest BCUT2D eigenvalue weighted by atomic mass is 16.5. The topological polar surface area (TPSA) is 29.5 Å². The molecule has 0 fully saturated rings. The molecule has 0 aliphatic rings. The van der Waals surface area contributed by atoms with Gasteiger partial charge in [-0.1, -0.05) is 33.1 Å². The summed E-state index contributed by atoms with van der Waals surface area (Å²) in [5, 5.41) is 9.04. The second-order valence-corrected chi connectivity index (χ2v) is 4.13. The predicted molar refractivity (Wildman–Crippen MR) is 60.4 cm³/mol. The second kappa shape index (κ2) is 9.47. The monoisotopic (exact) mass is 202 g/mol. The molecule has 2 unspecified atom stereocenters. The van der Waals surface area contributed by atoms with Crippen molar-refractivity contribution in [1.29, 1.82) is 0 Å². The van der Waals surface area contributed by atoms with Gasteiger partial charge in [-0.2, -0.15) is 0 Å². The molecule has 1 N–H and O–H groups in total. The van der Waals surface area contributed by atoms with E-state index in [9.17, 15) is 0 Å². The van der Waals surface area contributed by atoms with Crippen molar-refractivity contribution in [3.05, 3.63) is 0 Å². The van der Waals surface area contributed by atoms with Gasteiger partial charge in [0.1, 0.15) is 0 Å². The Morgan fingerprint density at radius 1 is 1.21 bits per heavy atom. The molecule has 0 aromatic heterocycles. The summed E-state index contributed by atoms with van der Waals surface area (Å²) in [7, 11) is 0. The van der Waals surface area contributed by atoms with Gasteiger partial charge < -0.3 is 9.84 Å². The third-order valence-corrected chi connectivity index (χ3v) is 2.58. The smallest absolute Gasteiger partial charge is 0.0534 e. The Morgan fingerprint density at radius 3 is 2.43 bits per heavy atom. The fourth-order valence-electron chi connectivity index (χ4n) is 1.40. The van der Waals surface area contributed by atoms with E-state index in [2.05, 4.69) is 13.8 Å². The first kappa shape index (κ1) is 13.9. The molecule has 0 radical (unpaired) electrons. The maximum atomic E-state index is 9.04. The molecule has 0 aromatic carbocycles. The minimum atomic E-state index is -0.231. The number of ether oxygens (including phenoxy) is 1. The van der Waals surface area contributed by atoms with Crippen LogP contribution in [0.1, 0.15) is 52.9 Å². The maximum Gasteiger partial charge on any atom is 0.0534 e. The maximum absolute atomic E-state index is 9.04. The van der Waals surface area contributed by atoms with E-state index in [1.807, 2.05) is 0 Å². The highest BCUT2D eigenvalue weighted by molar-refractivity contribution is 4.56. The Hall–Kier alpha value is -0.0800. The van der Waals surface area contributed by atoms with Gasteiger partial charge in [0.15, 0.2) is 0 Å². The zero-order valence-electron chi connectivity index (χ0n) is 9.96. The minimum absolute atomic E-state index is 0.231. The van der Waals surface area contributed by atoms with Gasteiger partial charge in [0.2, 0.25) is 0 Å². The fraction of sp³-hybridized carbons (Fsp3) is 1.00. The minimum Gasteiger partial charge on any atom is -0.393 e. The lowest BCUT2D eigenvalue weighted by Gasteiger charge is -2.14. The summed E-state index contributed by atoms with van der Waals surface area (Å²) in [6, 6.07) is 0. The zero-order chi connectivity index (χ0) is 10.8. The molecule has 0 heterocycles. The van der Waals surface area contributed by atoms with Crippen LogP contribution in [0.15, 0.2) is 0 Å². The van der Waals surface area contributed by atoms with Gasteiger partial charge >= 0.3 is 0 Å². The lowest BCUT2D eigenvalue weighted by molar-refractivity contribution is 0.0646. The van der Waals surface area contributed by atoms with Crippen LogP contribution in [-0.4, -0.2) is 24.4 Å². The average molecular weight is 202 g/mol. The van der Waals surface area contributed by atoms with Crippen LogP contribution in [0.3, 0.4) is 0 Å². The summed E-state index contributed by atoms with van der Waals surface area (Å²) >= 11 is 0. The standard InChI is InChI=1S/C12H26O2/c1-4-6-7-12(5-2)10-14-9-8-11(3)13/h11-13H,4-10H2,1-3H3. The van der Waals surface area contributed by atoms with E-state index < -0.39 is 0 Å². The number of aliphatic hydroxyl groups excluding tert-OH is 1. The third kappa shape index (κ3) is 8.52. The Bertz CT molecular complexity index is 113. The van der Waals surface area contributed by atoms with E-state index in [0.717, 1.165) is 13.0 Å². The van der Waals surface area contributed by atoms with Crippen molar-refractivity contribution in [1.82, 2.24) is 0 Å². The van der Waals surface area contributed by atoms with Crippen LogP contribution in [0.2, 0.25) is 0 Å². The first-order chi connectivity index (χ1) is 6.70. The lowest BCUT2D eigenvalue weighted by Crippen LogP contribution is -2.12. The largest absolute Gasteiger partial charge is 0.393 e. The number of hydrogen-bond acceptors (Lipinski definition) is 2. The van der Waals surface area contributed by atoms with Crippen molar-refractivity contribution in [3.8, 4) is 0 Å². The van der Waals surface area contributed by atoms with Crippen LogP contribution in [0.4, 0.5) is 0 Å². The van der Waals surface area contributed by atoms with Crippen molar-refractivity contribution >= 4 is 0 Å². The summed E-state index contributed by atoms with van der Waals surface area (Å²) in [4.78, 5) is 0. The summed E-state index contributed by atoms with van der Waals surface area (Å²) in [6.45, 7) is 7.81. The van der Waals surface area contributed by atoms with Gasteiger partial charge in [0.25, 0.3) is 0 Å². The van der Waals surface area contributed by atoms with Gasteiger partial charge in [-0.15, -0.1) is 0 Å². The molecular weight excluding hydrogens is 176 g/mol. The predicted octanol–water partition coefficient (Wildman–Crippen LogP) is 2.99. The van der Waals surface area contributed by atoms with Gasteiger partial charge in [-0.25, -0.2) is 0 Å². The summed E-state index contributed by atoms with van der Waals surface area (Å²) in [6.07, 6.45) is 5.58. The quantitative estimate of drug-likeness (QED) is 0.582. The average Bonchev–Trinajstić information content (AvgIpc) is 2.16. The van der Waals surface area contributed by atoms with Crippen LogP contribution in [0.25, 0.3) is 0 Å². The Balaban J connectivity index is 3.33. The molecule has 0 amide bonds. The van der Waals surface area contributed by atoms with Crippen LogP contribution in [0, 0.1) is 5.92 Å². The zero-order valence-corrected chi connectivity index (χ0v) is 9.96. The van der Waals surface area contributed by atoms with Crippen molar-refractivity contribution in [2.45, 2.75) is 59.0 Å². The molecule has 0 aromatic rings. The molecule has 0 saturated heterocycles. The molecule has 2 atom stereocenters. The molecule has 0 aliphatic heterocycles. The SMILES string of the molecule is CCCCC(CC)COCCC(C)O. The van der Waals surface area contributed by atoms with E-state index in [1.165, 1.54) is 25.7 Å². The van der Waals surface area contributed by atoms with Crippen LogP contribution < -0.4 is 0 Å². The van der Waals surface area contributed by atoms with Crippen LogP contribution >= 0.6 is 0 Å². The van der Waals surface area contributed by atoms with E-state index in [4.69, 9.17) is 9.84 Å². The van der Waals surface area contributed by atoms with E-state index in [0.29, 0.717) is 12.5 Å². The first-order valence-corrected chi connectivity index (χ1v) is 5.96. The molecule has 0 aliphatic carbocycles. The molecule has 2 nitrogen and oxygen atoms in total. The molecule has 86 valence electrons. The normalized spacial score (nSPS) is 15.4. The summed E-state index contributed by atoms with van der Waals surface area (Å²) < 4.78 is 5.53. The Kier molecular flexibility index (Phi) is 9.42. The molecule has 14 heavy (non-hydrogen) atoms. The molecular formula is C12H26O2. The van der Waals surface area contributed by atoms with Crippen molar-refractivity contribution in [2.75, 3.05) is 13.2 Å². The van der Waals surface area contributed by atoms with Crippen LogP contribution in [0.5, 0.6) is 0 Å². The molecule has 2 heteroatoms. The first-order valence-electron chi connectivity index (χ1n) is 5.96. The molecule has 0 rings (SSSR count). The van der Waals surface area contributed by atoms with E-state index in [1.54, 1.807) is 6.92 Å². The molecule has 0 saturated carbocycles. The van der Waals surface area contributed by atoms with Crippen molar-refractivity contribution < 1.29 is 9.84 Å². The Labute approximate surface area is 88.7 Å². The van der Waals surface area contributed by atoms with Gasteiger partial charge in [0, 0.05) is 13.2 Å². The highest BCUT2D eigenvalue weighted by Crippen LogP contribution is 2.12. The number of hydrogen-bond donors (Lipinski definition) is 1. The number of unbranched alkanes of at least 4 members (excludes halogenated alkanes) is 1. The third-order valence-electron chi connectivity index (χ3n) is 2.58. The van der Waals surface area contributed by atoms with Gasteiger partial charge in [-0.3, -0.25) is 0 Å². The summed E-state index contributed by atoms with van der Waals surface area (Å²) in [5.41, 5.74) is 0. The second-order valence-electron chi connectivity index (χ2n) is 4.13. The van der Waals surface area contributed by atoms with Crippen LogP contribution in [-0.2, 0) is 4.74 Å².